The summed E-state index contributed by atoms with van der Waals surface area (Å²) in [5, 5.41) is 5.44. The number of benzene rings is 1. The highest BCUT2D eigenvalue weighted by Crippen LogP contribution is 2.18. The van der Waals surface area contributed by atoms with Crippen LogP contribution in [0.2, 0.25) is 0 Å². The zero-order valence-electron chi connectivity index (χ0n) is 12.0. The Hall–Kier alpha value is -1.79. The predicted octanol–water partition coefficient (Wildman–Crippen LogP) is 3.14. The molecule has 1 aromatic rings. The summed E-state index contributed by atoms with van der Waals surface area (Å²) in [5.74, 6) is -0.0412. The minimum atomic E-state index is -4.20. The highest BCUT2D eigenvalue weighted by atomic mass is 19.4. The number of alkyl halides is 3. The molecule has 0 unspecified atom stereocenters. The van der Waals surface area contributed by atoms with E-state index in [1.54, 1.807) is 19.1 Å². The third-order valence-electron chi connectivity index (χ3n) is 2.70. The van der Waals surface area contributed by atoms with Gasteiger partial charge in [-0.05, 0) is 31.0 Å². The second kappa shape index (κ2) is 7.85. The van der Waals surface area contributed by atoms with Crippen LogP contribution in [-0.2, 0) is 6.54 Å². The van der Waals surface area contributed by atoms with Crippen molar-refractivity contribution in [3.8, 4) is 0 Å². The molecule has 2 N–H and O–H groups in total. The lowest BCUT2D eigenvalue weighted by atomic mass is 10.1. The van der Waals surface area contributed by atoms with Crippen LogP contribution in [0.5, 0.6) is 0 Å². The first-order valence-corrected chi connectivity index (χ1v) is 6.66. The summed E-state index contributed by atoms with van der Waals surface area (Å²) < 4.78 is 49.6. The van der Waals surface area contributed by atoms with E-state index >= 15 is 0 Å². The number of rotatable bonds is 5. The van der Waals surface area contributed by atoms with Crippen LogP contribution in [0.25, 0.3) is 0 Å². The molecule has 1 rings (SSSR count). The first-order valence-electron chi connectivity index (χ1n) is 6.66. The first-order chi connectivity index (χ1) is 9.81. The number of halogens is 4. The SMILES string of the molecule is CCNC(=NCc1ccc(C)c(F)c1)NCCC(F)(F)F. The molecule has 0 aromatic heterocycles. The van der Waals surface area contributed by atoms with E-state index in [1.807, 2.05) is 6.92 Å². The Balaban J connectivity index is 2.60. The summed E-state index contributed by atoms with van der Waals surface area (Å²) in [6.07, 6.45) is -5.14. The Kier molecular flexibility index (Phi) is 6.45. The first kappa shape index (κ1) is 17.3. The molecule has 0 aliphatic carbocycles. The van der Waals surface area contributed by atoms with Crippen molar-refractivity contribution >= 4 is 5.96 Å². The third kappa shape index (κ3) is 6.97. The van der Waals surface area contributed by atoms with Crippen LogP contribution in [0, 0.1) is 12.7 Å². The molecular formula is C14H19F4N3. The van der Waals surface area contributed by atoms with E-state index in [2.05, 4.69) is 15.6 Å². The van der Waals surface area contributed by atoms with Crippen molar-refractivity contribution in [2.75, 3.05) is 13.1 Å². The minimum Gasteiger partial charge on any atom is -0.357 e. The van der Waals surface area contributed by atoms with Gasteiger partial charge in [0.15, 0.2) is 5.96 Å². The molecule has 1 aromatic carbocycles. The summed E-state index contributed by atoms with van der Waals surface area (Å²) in [7, 11) is 0. The Morgan fingerprint density at radius 1 is 1.24 bits per heavy atom. The molecule has 0 aliphatic rings. The van der Waals surface area contributed by atoms with Crippen molar-refractivity contribution in [1.29, 1.82) is 0 Å². The number of nitrogens with zero attached hydrogens (tertiary/aromatic N) is 1. The lowest BCUT2D eigenvalue weighted by Crippen LogP contribution is -2.38. The van der Waals surface area contributed by atoms with Gasteiger partial charge in [0, 0.05) is 13.1 Å². The van der Waals surface area contributed by atoms with Crippen molar-refractivity contribution < 1.29 is 17.6 Å². The van der Waals surface area contributed by atoms with Gasteiger partial charge in [0.05, 0.1) is 13.0 Å². The maximum Gasteiger partial charge on any atom is 0.390 e. The molecule has 0 amide bonds. The van der Waals surface area contributed by atoms with E-state index < -0.39 is 12.6 Å². The number of aryl methyl sites for hydroxylation is 1. The van der Waals surface area contributed by atoms with Crippen molar-refractivity contribution in [3.05, 3.63) is 35.1 Å². The van der Waals surface area contributed by atoms with Gasteiger partial charge in [-0.2, -0.15) is 13.2 Å². The molecular weight excluding hydrogens is 286 g/mol. The molecule has 21 heavy (non-hydrogen) atoms. The molecule has 0 saturated heterocycles. The quantitative estimate of drug-likeness (QED) is 0.498. The Morgan fingerprint density at radius 2 is 1.95 bits per heavy atom. The summed E-state index contributed by atoms with van der Waals surface area (Å²) in [4.78, 5) is 4.13. The fourth-order valence-electron chi connectivity index (χ4n) is 1.57. The van der Waals surface area contributed by atoms with Gasteiger partial charge in [0.1, 0.15) is 5.82 Å². The van der Waals surface area contributed by atoms with Gasteiger partial charge in [0.25, 0.3) is 0 Å². The smallest absolute Gasteiger partial charge is 0.357 e. The number of nitrogens with one attached hydrogen (secondary N) is 2. The van der Waals surface area contributed by atoms with Crippen LogP contribution in [0.4, 0.5) is 17.6 Å². The van der Waals surface area contributed by atoms with Gasteiger partial charge in [-0.3, -0.25) is 0 Å². The van der Waals surface area contributed by atoms with Crippen molar-refractivity contribution in [2.24, 2.45) is 4.99 Å². The standard InChI is InChI=1S/C14H19F4N3/c1-3-19-13(20-7-6-14(16,17)18)21-9-11-5-4-10(2)12(15)8-11/h4-5,8H,3,6-7,9H2,1-2H3,(H2,19,20,21). The van der Waals surface area contributed by atoms with Crippen LogP contribution in [0.1, 0.15) is 24.5 Å². The summed E-state index contributed by atoms with van der Waals surface area (Å²) in [5.41, 5.74) is 1.20. The lowest BCUT2D eigenvalue weighted by molar-refractivity contribution is -0.132. The number of guanidine groups is 1. The number of aliphatic imine (C=N–C) groups is 1. The average molecular weight is 305 g/mol. The minimum absolute atomic E-state index is 0.193. The molecule has 0 spiro atoms. The lowest BCUT2D eigenvalue weighted by Gasteiger charge is -2.12. The molecule has 3 nitrogen and oxygen atoms in total. The molecule has 7 heteroatoms. The normalized spacial score (nSPS) is 12.4. The number of hydrogen-bond donors (Lipinski definition) is 2. The summed E-state index contributed by atoms with van der Waals surface area (Å²) in [6.45, 7) is 3.94. The van der Waals surface area contributed by atoms with Gasteiger partial charge in [0.2, 0.25) is 0 Å². The fraction of sp³-hybridized carbons (Fsp3) is 0.500. The summed E-state index contributed by atoms with van der Waals surface area (Å²) in [6, 6.07) is 4.75. The number of hydrogen-bond acceptors (Lipinski definition) is 1. The van der Waals surface area contributed by atoms with Gasteiger partial charge < -0.3 is 10.6 Å². The highest BCUT2D eigenvalue weighted by Gasteiger charge is 2.26. The van der Waals surface area contributed by atoms with E-state index in [0.29, 0.717) is 17.7 Å². The second-order valence-electron chi connectivity index (χ2n) is 4.57. The monoisotopic (exact) mass is 305 g/mol. The van der Waals surface area contributed by atoms with E-state index in [0.717, 1.165) is 0 Å². The molecule has 118 valence electrons. The maximum absolute atomic E-state index is 13.4. The molecule has 0 atom stereocenters. The van der Waals surface area contributed by atoms with Crippen molar-refractivity contribution in [3.63, 3.8) is 0 Å². The summed E-state index contributed by atoms with van der Waals surface area (Å²) >= 11 is 0. The van der Waals surface area contributed by atoms with Gasteiger partial charge >= 0.3 is 6.18 Å². The molecule has 0 bridgehead atoms. The van der Waals surface area contributed by atoms with Crippen LogP contribution < -0.4 is 10.6 Å². The average Bonchev–Trinajstić information content (AvgIpc) is 2.38. The van der Waals surface area contributed by atoms with E-state index in [1.165, 1.54) is 6.07 Å². The Labute approximate surface area is 121 Å². The van der Waals surface area contributed by atoms with Gasteiger partial charge in [-0.25, -0.2) is 9.38 Å². The van der Waals surface area contributed by atoms with Crippen LogP contribution >= 0.6 is 0 Å². The van der Waals surface area contributed by atoms with Crippen molar-refractivity contribution in [2.45, 2.75) is 33.0 Å². The van der Waals surface area contributed by atoms with Gasteiger partial charge in [-0.15, -0.1) is 0 Å². The molecule has 0 radical (unpaired) electrons. The van der Waals surface area contributed by atoms with E-state index in [-0.39, 0.29) is 24.9 Å². The molecule has 0 fully saturated rings. The fourth-order valence-corrected chi connectivity index (χ4v) is 1.57. The topological polar surface area (TPSA) is 36.4 Å². The van der Waals surface area contributed by atoms with Crippen LogP contribution in [0.15, 0.2) is 23.2 Å². The van der Waals surface area contributed by atoms with Gasteiger partial charge in [-0.1, -0.05) is 12.1 Å². The van der Waals surface area contributed by atoms with E-state index in [9.17, 15) is 17.6 Å². The highest BCUT2D eigenvalue weighted by molar-refractivity contribution is 5.79. The second-order valence-corrected chi connectivity index (χ2v) is 4.57. The van der Waals surface area contributed by atoms with Crippen molar-refractivity contribution in [1.82, 2.24) is 10.6 Å². The zero-order chi connectivity index (χ0) is 15.9. The van der Waals surface area contributed by atoms with E-state index in [4.69, 9.17) is 0 Å². The molecule has 0 saturated carbocycles. The Bertz CT molecular complexity index is 484. The van der Waals surface area contributed by atoms with Crippen LogP contribution in [-0.4, -0.2) is 25.2 Å². The predicted molar refractivity (Wildman–Crippen MR) is 74.6 cm³/mol. The zero-order valence-corrected chi connectivity index (χ0v) is 12.0. The largest absolute Gasteiger partial charge is 0.390 e. The van der Waals surface area contributed by atoms with Crippen LogP contribution in [0.3, 0.4) is 0 Å². The molecule has 0 aliphatic heterocycles. The maximum atomic E-state index is 13.4. The Morgan fingerprint density at radius 3 is 2.52 bits per heavy atom. The molecule has 0 heterocycles. The third-order valence-corrected chi connectivity index (χ3v) is 2.70.